The average Bonchev–Trinajstić information content (AvgIpc) is 2.78. The minimum absolute atomic E-state index is 0.220. The summed E-state index contributed by atoms with van der Waals surface area (Å²) in [5, 5.41) is 3.61. The van der Waals surface area contributed by atoms with E-state index in [1.165, 1.54) is 36.3 Å². The van der Waals surface area contributed by atoms with Crippen molar-refractivity contribution in [2.75, 3.05) is 12.4 Å². The van der Waals surface area contributed by atoms with E-state index in [2.05, 4.69) is 22.3 Å². The molecule has 2 heterocycles. The fourth-order valence-electron chi connectivity index (χ4n) is 1.45. The van der Waals surface area contributed by atoms with E-state index >= 15 is 0 Å². The Morgan fingerprint density at radius 1 is 1.40 bits per heavy atom. The molecule has 3 amide bonds. The monoisotopic (exact) mass is 292 g/mol. The van der Waals surface area contributed by atoms with E-state index in [-0.39, 0.29) is 18.4 Å². The van der Waals surface area contributed by atoms with Crippen LogP contribution in [0.5, 0.6) is 0 Å². The van der Waals surface area contributed by atoms with Crippen molar-refractivity contribution >= 4 is 29.5 Å². The third-order valence-corrected chi connectivity index (χ3v) is 3.37. The number of pyridine rings is 1. The minimum Gasteiger partial charge on any atom is -0.343 e. The highest BCUT2D eigenvalue weighted by Gasteiger charge is 2.26. The Kier molecular flexibility index (Phi) is 4.36. The first-order valence-corrected chi connectivity index (χ1v) is 6.68. The van der Waals surface area contributed by atoms with Crippen molar-refractivity contribution in [2.24, 2.45) is 0 Å². The highest BCUT2D eigenvalue weighted by atomic mass is 32.2. The molecule has 1 aliphatic rings. The second-order valence-electron chi connectivity index (χ2n) is 3.88. The number of amides is 3. The summed E-state index contributed by atoms with van der Waals surface area (Å²) in [6.45, 7) is 3.33. The third kappa shape index (κ3) is 3.35. The van der Waals surface area contributed by atoms with Crippen LogP contribution in [0, 0.1) is 0 Å². The summed E-state index contributed by atoms with van der Waals surface area (Å²) >= 11 is 1.25. The highest BCUT2D eigenvalue weighted by Crippen LogP contribution is 2.23. The SMILES string of the molecule is C=C1SCN(NC(=O)CNC(=O)c2ccncc2)C1=O. The lowest BCUT2D eigenvalue weighted by atomic mass is 10.2. The standard InChI is InChI=1S/C12H12N4O3S/c1-8-12(19)16(7-20-8)15-10(17)6-14-11(18)9-2-4-13-5-3-9/h2-5H,1,6-7H2,(H,14,18)(H,15,17). The summed E-state index contributed by atoms with van der Waals surface area (Å²) in [6, 6.07) is 3.08. The molecule has 1 aliphatic heterocycles. The molecule has 2 rings (SSSR count). The molecule has 2 N–H and O–H groups in total. The molecule has 20 heavy (non-hydrogen) atoms. The Bertz CT molecular complexity index is 561. The molecule has 0 aliphatic carbocycles. The zero-order chi connectivity index (χ0) is 14.5. The second-order valence-corrected chi connectivity index (χ2v) is 4.92. The molecule has 0 radical (unpaired) electrons. The van der Waals surface area contributed by atoms with Crippen LogP contribution in [-0.4, -0.2) is 40.1 Å². The molecule has 8 heteroatoms. The third-order valence-electron chi connectivity index (χ3n) is 2.46. The Morgan fingerprint density at radius 2 is 2.10 bits per heavy atom. The van der Waals surface area contributed by atoms with Gasteiger partial charge in [-0.2, -0.15) is 0 Å². The van der Waals surface area contributed by atoms with Crippen LogP contribution in [0.15, 0.2) is 36.0 Å². The fourth-order valence-corrected chi connectivity index (χ4v) is 2.15. The zero-order valence-corrected chi connectivity index (χ0v) is 11.3. The Hall–Kier alpha value is -2.35. The van der Waals surface area contributed by atoms with Crippen LogP contribution >= 0.6 is 11.8 Å². The van der Waals surface area contributed by atoms with Gasteiger partial charge in [0, 0.05) is 18.0 Å². The van der Waals surface area contributed by atoms with Crippen LogP contribution < -0.4 is 10.7 Å². The zero-order valence-electron chi connectivity index (χ0n) is 10.5. The van der Waals surface area contributed by atoms with E-state index in [1.807, 2.05) is 0 Å². The molecule has 0 atom stereocenters. The van der Waals surface area contributed by atoms with Gasteiger partial charge in [0.15, 0.2) is 0 Å². The van der Waals surface area contributed by atoms with E-state index in [9.17, 15) is 14.4 Å². The summed E-state index contributed by atoms with van der Waals surface area (Å²) in [5.41, 5.74) is 2.81. The number of hydrogen-bond acceptors (Lipinski definition) is 5. The number of nitrogens with zero attached hydrogens (tertiary/aromatic N) is 2. The molecular weight excluding hydrogens is 280 g/mol. The molecule has 0 spiro atoms. The minimum atomic E-state index is -0.476. The van der Waals surface area contributed by atoms with E-state index in [4.69, 9.17) is 0 Å². The highest BCUT2D eigenvalue weighted by molar-refractivity contribution is 8.04. The van der Waals surface area contributed by atoms with Gasteiger partial charge in [0.05, 0.1) is 17.3 Å². The maximum absolute atomic E-state index is 11.7. The molecule has 7 nitrogen and oxygen atoms in total. The van der Waals surface area contributed by atoms with Gasteiger partial charge in [0.25, 0.3) is 17.7 Å². The number of nitrogens with one attached hydrogen (secondary N) is 2. The fraction of sp³-hybridized carbons (Fsp3) is 0.167. The number of aromatic nitrogens is 1. The molecule has 104 valence electrons. The summed E-state index contributed by atoms with van der Waals surface area (Å²) in [7, 11) is 0. The van der Waals surface area contributed by atoms with Crippen molar-refractivity contribution in [3.05, 3.63) is 41.6 Å². The molecule has 1 aromatic heterocycles. The predicted molar refractivity (Wildman–Crippen MR) is 73.2 cm³/mol. The van der Waals surface area contributed by atoms with Crippen LogP contribution in [-0.2, 0) is 9.59 Å². The normalized spacial score (nSPS) is 14.3. The maximum Gasteiger partial charge on any atom is 0.278 e. The molecule has 0 unspecified atom stereocenters. The van der Waals surface area contributed by atoms with Crippen molar-refractivity contribution < 1.29 is 14.4 Å². The van der Waals surface area contributed by atoms with Crippen LogP contribution in [0.2, 0.25) is 0 Å². The summed E-state index contributed by atoms with van der Waals surface area (Å²) in [4.78, 5) is 39.0. The van der Waals surface area contributed by atoms with Crippen molar-refractivity contribution in [1.29, 1.82) is 0 Å². The van der Waals surface area contributed by atoms with Gasteiger partial charge < -0.3 is 5.32 Å². The van der Waals surface area contributed by atoms with Gasteiger partial charge in [-0.05, 0) is 12.1 Å². The van der Waals surface area contributed by atoms with Gasteiger partial charge in [-0.15, -0.1) is 0 Å². The lowest BCUT2D eigenvalue weighted by Crippen LogP contribution is -2.47. The topological polar surface area (TPSA) is 91.4 Å². The van der Waals surface area contributed by atoms with Crippen molar-refractivity contribution in [3.63, 3.8) is 0 Å². The molecule has 1 aromatic rings. The first kappa shape index (κ1) is 14.1. The number of hydrazine groups is 1. The van der Waals surface area contributed by atoms with Gasteiger partial charge in [-0.3, -0.25) is 24.8 Å². The quantitative estimate of drug-likeness (QED) is 0.756. The lowest BCUT2D eigenvalue weighted by Gasteiger charge is -2.15. The van der Waals surface area contributed by atoms with Gasteiger partial charge in [-0.25, -0.2) is 5.01 Å². The summed E-state index contributed by atoms with van der Waals surface area (Å²) in [6.07, 6.45) is 2.97. The van der Waals surface area contributed by atoms with Crippen molar-refractivity contribution in [3.8, 4) is 0 Å². The molecule has 1 fully saturated rings. The van der Waals surface area contributed by atoms with Gasteiger partial charge in [0.2, 0.25) is 0 Å². The van der Waals surface area contributed by atoms with Crippen molar-refractivity contribution in [1.82, 2.24) is 20.7 Å². The Labute approximate surface area is 119 Å². The molecule has 0 saturated carbocycles. The maximum atomic E-state index is 11.7. The molecule has 1 saturated heterocycles. The van der Waals surface area contributed by atoms with Crippen LogP contribution in [0.25, 0.3) is 0 Å². The van der Waals surface area contributed by atoms with Crippen molar-refractivity contribution in [2.45, 2.75) is 0 Å². The van der Waals surface area contributed by atoms with Gasteiger partial charge in [0.1, 0.15) is 0 Å². The Morgan fingerprint density at radius 3 is 2.70 bits per heavy atom. The number of thioether (sulfide) groups is 1. The second kappa shape index (κ2) is 6.20. The predicted octanol–water partition coefficient (Wildman–Crippen LogP) is -0.111. The van der Waals surface area contributed by atoms with E-state index < -0.39 is 5.91 Å². The molecular formula is C12H12N4O3S. The van der Waals surface area contributed by atoms with Crippen LogP contribution in [0.3, 0.4) is 0 Å². The smallest absolute Gasteiger partial charge is 0.278 e. The Balaban J connectivity index is 1.80. The van der Waals surface area contributed by atoms with Gasteiger partial charge in [-0.1, -0.05) is 18.3 Å². The molecule has 0 aromatic carbocycles. The number of carbonyl (C=O) groups is 3. The van der Waals surface area contributed by atoms with E-state index in [1.54, 1.807) is 0 Å². The summed E-state index contributed by atoms with van der Waals surface area (Å²) < 4.78 is 0. The van der Waals surface area contributed by atoms with E-state index in [0.717, 1.165) is 5.01 Å². The summed E-state index contributed by atoms with van der Waals surface area (Å²) in [5.74, 6) is -0.865. The first-order chi connectivity index (χ1) is 9.58. The average molecular weight is 292 g/mol. The molecule has 0 bridgehead atoms. The van der Waals surface area contributed by atoms with Gasteiger partial charge >= 0.3 is 0 Å². The van der Waals surface area contributed by atoms with Crippen LogP contribution in [0.4, 0.5) is 0 Å². The number of rotatable bonds is 4. The van der Waals surface area contributed by atoms with E-state index in [0.29, 0.717) is 16.3 Å². The lowest BCUT2D eigenvalue weighted by molar-refractivity contribution is -0.135. The number of hydrogen-bond donors (Lipinski definition) is 2. The largest absolute Gasteiger partial charge is 0.343 e. The number of carbonyl (C=O) groups excluding carboxylic acids is 3. The first-order valence-electron chi connectivity index (χ1n) is 5.69. The van der Waals surface area contributed by atoms with Crippen LogP contribution in [0.1, 0.15) is 10.4 Å².